The van der Waals surface area contributed by atoms with Gasteiger partial charge in [-0.15, -0.1) is 0 Å². The molecule has 94 valence electrons. The quantitative estimate of drug-likeness (QED) is 0.410. The lowest BCUT2D eigenvalue weighted by atomic mass is 9.92. The third kappa shape index (κ3) is 3.78. The fraction of sp³-hybridized carbons (Fsp3) is 0.583. The number of Topliss-reactive ketones (excluding diaryl/α,β-unsaturated/α-hetero) is 2. The van der Waals surface area contributed by atoms with Crippen LogP contribution in [0.4, 0.5) is 0 Å². The number of carbonyl (C=O) groups excluding carboxylic acids is 3. The van der Waals surface area contributed by atoms with Crippen LogP contribution in [0.2, 0.25) is 0 Å². The standard InChI is InChI=1S/C12H16O5/c1-7(13)12(8(2)14)11-5-4-10(6-16-11)17-9(3)15/h4-5,10-12H,6H2,1-3H3/t10-,11+/m0/s1. The van der Waals surface area contributed by atoms with Gasteiger partial charge in [-0.3, -0.25) is 14.4 Å². The number of hydrogen-bond acceptors (Lipinski definition) is 5. The minimum atomic E-state index is -0.774. The molecule has 0 aromatic carbocycles. The van der Waals surface area contributed by atoms with Crippen molar-refractivity contribution in [2.75, 3.05) is 6.61 Å². The van der Waals surface area contributed by atoms with E-state index < -0.39 is 24.1 Å². The summed E-state index contributed by atoms with van der Waals surface area (Å²) in [5.74, 6) is -1.61. The second-order valence-electron chi connectivity index (χ2n) is 4.03. The Kier molecular flexibility index (Phi) is 4.57. The molecule has 0 N–H and O–H groups in total. The molecule has 0 radical (unpaired) electrons. The second-order valence-corrected chi connectivity index (χ2v) is 4.03. The summed E-state index contributed by atoms with van der Waals surface area (Å²) < 4.78 is 10.3. The van der Waals surface area contributed by atoms with E-state index in [2.05, 4.69) is 0 Å². The number of esters is 1. The van der Waals surface area contributed by atoms with Crippen LogP contribution >= 0.6 is 0 Å². The van der Waals surface area contributed by atoms with Gasteiger partial charge in [0.1, 0.15) is 23.6 Å². The number of ketones is 2. The van der Waals surface area contributed by atoms with Crippen molar-refractivity contribution in [3.05, 3.63) is 12.2 Å². The third-order valence-corrected chi connectivity index (χ3v) is 2.49. The SMILES string of the molecule is CC(=O)O[C@H]1C=C[C@H](C(C(C)=O)C(C)=O)OC1. The number of ether oxygens (including phenoxy) is 2. The Morgan fingerprint density at radius 2 is 1.76 bits per heavy atom. The van der Waals surface area contributed by atoms with Crippen molar-refractivity contribution in [1.29, 1.82) is 0 Å². The first-order chi connectivity index (χ1) is 7.91. The minimum absolute atomic E-state index is 0.164. The molecule has 0 aromatic heterocycles. The number of hydrogen-bond donors (Lipinski definition) is 0. The third-order valence-electron chi connectivity index (χ3n) is 2.49. The van der Waals surface area contributed by atoms with E-state index in [9.17, 15) is 14.4 Å². The van der Waals surface area contributed by atoms with Crippen molar-refractivity contribution in [3.63, 3.8) is 0 Å². The van der Waals surface area contributed by atoms with Gasteiger partial charge in [-0.2, -0.15) is 0 Å². The van der Waals surface area contributed by atoms with E-state index in [1.165, 1.54) is 20.8 Å². The van der Waals surface area contributed by atoms with Crippen molar-refractivity contribution >= 4 is 17.5 Å². The van der Waals surface area contributed by atoms with Gasteiger partial charge >= 0.3 is 5.97 Å². The average molecular weight is 240 g/mol. The van der Waals surface area contributed by atoms with Gasteiger partial charge in [-0.1, -0.05) is 6.08 Å². The highest BCUT2D eigenvalue weighted by atomic mass is 16.6. The molecule has 5 nitrogen and oxygen atoms in total. The van der Waals surface area contributed by atoms with Crippen LogP contribution < -0.4 is 0 Å². The molecule has 1 aliphatic heterocycles. The summed E-state index contributed by atoms with van der Waals surface area (Å²) in [5.41, 5.74) is 0. The fourth-order valence-corrected chi connectivity index (χ4v) is 1.79. The van der Waals surface area contributed by atoms with Crippen molar-refractivity contribution in [2.45, 2.75) is 33.0 Å². The van der Waals surface area contributed by atoms with E-state index in [4.69, 9.17) is 9.47 Å². The molecule has 1 aliphatic rings. The Morgan fingerprint density at radius 3 is 2.12 bits per heavy atom. The molecule has 0 amide bonds. The first kappa shape index (κ1) is 13.6. The molecule has 0 unspecified atom stereocenters. The average Bonchev–Trinajstić information content (AvgIpc) is 2.18. The summed E-state index contributed by atoms with van der Waals surface area (Å²) in [6.45, 7) is 4.20. The molecule has 0 bridgehead atoms. The molecule has 2 atom stereocenters. The van der Waals surface area contributed by atoms with Crippen LogP contribution in [-0.4, -0.2) is 36.4 Å². The molecule has 1 heterocycles. The zero-order valence-corrected chi connectivity index (χ0v) is 10.1. The van der Waals surface area contributed by atoms with Gasteiger partial charge in [-0.05, 0) is 19.9 Å². The highest BCUT2D eigenvalue weighted by Gasteiger charge is 2.31. The van der Waals surface area contributed by atoms with E-state index in [1.54, 1.807) is 12.2 Å². The summed E-state index contributed by atoms with van der Waals surface area (Å²) in [7, 11) is 0. The van der Waals surface area contributed by atoms with Crippen LogP contribution in [0.3, 0.4) is 0 Å². The summed E-state index contributed by atoms with van der Waals surface area (Å²) in [6.07, 6.45) is 2.25. The normalized spacial score (nSPS) is 23.5. The molecule has 1 rings (SSSR count). The lowest BCUT2D eigenvalue weighted by Crippen LogP contribution is -2.38. The van der Waals surface area contributed by atoms with E-state index in [0.717, 1.165) is 0 Å². The molecule has 0 saturated heterocycles. The van der Waals surface area contributed by atoms with Crippen LogP contribution in [0.5, 0.6) is 0 Å². The monoisotopic (exact) mass is 240 g/mol. The molecular formula is C12H16O5. The topological polar surface area (TPSA) is 69.7 Å². The maximum Gasteiger partial charge on any atom is 0.303 e. The van der Waals surface area contributed by atoms with Crippen molar-refractivity contribution in [3.8, 4) is 0 Å². The molecule has 0 spiro atoms. The Hall–Kier alpha value is -1.49. The predicted molar refractivity (Wildman–Crippen MR) is 59.3 cm³/mol. The van der Waals surface area contributed by atoms with Crippen LogP contribution in [0.25, 0.3) is 0 Å². The van der Waals surface area contributed by atoms with Crippen LogP contribution in [0.15, 0.2) is 12.2 Å². The van der Waals surface area contributed by atoms with Gasteiger partial charge in [0.15, 0.2) is 0 Å². The number of rotatable bonds is 4. The highest BCUT2D eigenvalue weighted by molar-refractivity contribution is 6.01. The van der Waals surface area contributed by atoms with Gasteiger partial charge in [0.25, 0.3) is 0 Å². The van der Waals surface area contributed by atoms with E-state index in [-0.39, 0.29) is 18.2 Å². The first-order valence-electron chi connectivity index (χ1n) is 5.40. The first-order valence-corrected chi connectivity index (χ1v) is 5.40. The fourth-order valence-electron chi connectivity index (χ4n) is 1.79. The van der Waals surface area contributed by atoms with Gasteiger partial charge < -0.3 is 9.47 Å². The molecule has 0 aliphatic carbocycles. The van der Waals surface area contributed by atoms with Gasteiger partial charge in [0.2, 0.25) is 0 Å². The lowest BCUT2D eigenvalue weighted by Gasteiger charge is -2.27. The summed E-state index contributed by atoms with van der Waals surface area (Å²) >= 11 is 0. The summed E-state index contributed by atoms with van der Waals surface area (Å²) in [6, 6.07) is 0. The molecule has 5 heteroatoms. The smallest absolute Gasteiger partial charge is 0.303 e. The van der Waals surface area contributed by atoms with E-state index >= 15 is 0 Å². The molecule has 0 fully saturated rings. The van der Waals surface area contributed by atoms with E-state index in [1.807, 2.05) is 0 Å². The maximum absolute atomic E-state index is 11.3. The van der Waals surface area contributed by atoms with Gasteiger partial charge in [0.05, 0.1) is 12.7 Å². The molecule has 0 saturated carbocycles. The van der Waals surface area contributed by atoms with Gasteiger partial charge in [-0.25, -0.2) is 0 Å². The van der Waals surface area contributed by atoms with Gasteiger partial charge in [0, 0.05) is 6.92 Å². The van der Waals surface area contributed by atoms with Crippen molar-refractivity contribution < 1.29 is 23.9 Å². The molecule has 0 aromatic rings. The van der Waals surface area contributed by atoms with E-state index in [0.29, 0.717) is 0 Å². The summed E-state index contributed by atoms with van der Waals surface area (Å²) in [4.78, 5) is 33.4. The maximum atomic E-state index is 11.3. The zero-order valence-electron chi connectivity index (χ0n) is 10.1. The Morgan fingerprint density at radius 1 is 1.18 bits per heavy atom. The molecular weight excluding hydrogens is 224 g/mol. The Bertz CT molecular complexity index is 344. The minimum Gasteiger partial charge on any atom is -0.456 e. The number of carbonyl (C=O) groups is 3. The highest BCUT2D eigenvalue weighted by Crippen LogP contribution is 2.18. The Labute approximate surface area is 99.8 Å². The van der Waals surface area contributed by atoms with Crippen LogP contribution in [0.1, 0.15) is 20.8 Å². The van der Waals surface area contributed by atoms with Crippen LogP contribution in [-0.2, 0) is 23.9 Å². The lowest BCUT2D eigenvalue weighted by molar-refractivity contribution is -0.151. The largest absolute Gasteiger partial charge is 0.456 e. The van der Waals surface area contributed by atoms with Crippen molar-refractivity contribution in [2.24, 2.45) is 5.92 Å². The predicted octanol–water partition coefficient (Wildman–Crippen LogP) is 0.667. The second kappa shape index (κ2) is 5.72. The Balaban J connectivity index is 2.68. The van der Waals surface area contributed by atoms with Crippen molar-refractivity contribution in [1.82, 2.24) is 0 Å². The zero-order chi connectivity index (χ0) is 13.0. The van der Waals surface area contributed by atoms with Crippen LogP contribution in [0, 0.1) is 5.92 Å². The molecule has 17 heavy (non-hydrogen) atoms. The summed E-state index contributed by atoms with van der Waals surface area (Å²) in [5, 5.41) is 0.